The van der Waals surface area contributed by atoms with Gasteiger partial charge < -0.3 is 10.2 Å². The lowest BCUT2D eigenvalue weighted by atomic mass is 10.0. The molecule has 1 aromatic heterocycles. The highest BCUT2D eigenvalue weighted by atomic mass is 79.9. The van der Waals surface area contributed by atoms with Crippen molar-refractivity contribution in [2.75, 3.05) is 0 Å². The highest BCUT2D eigenvalue weighted by Crippen LogP contribution is 2.33. The molecule has 1 atom stereocenters. The van der Waals surface area contributed by atoms with E-state index in [1.807, 2.05) is 43.3 Å². The highest BCUT2D eigenvalue weighted by Gasteiger charge is 2.18. The number of nitrogens with two attached hydrogens (primary N) is 1. The van der Waals surface area contributed by atoms with E-state index in [1.165, 1.54) is 0 Å². The summed E-state index contributed by atoms with van der Waals surface area (Å²) in [6.45, 7) is 2.05. The van der Waals surface area contributed by atoms with Gasteiger partial charge in [-0.1, -0.05) is 44.0 Å². The SMILES string of the molecule is Cc1c(C(N)c2ccc(Br)cc2)oc2cc(Br)ccc12. The number of hydrogen-bond donors (Lipinski definition) is 1. The molecule has 3 rings (SSSR count). The molecule has 2 nitrogen and oxygen atoms in total. The summed E-state index contributed by atoms with van der Waals surface area (Å²) in [7, 11) is 0. The van der Waals surface area contributed by atoms with E-state index in [0.29, 0.717) is 0 Å². The van der Waals surface area contributed by atoms with Crippen LogP contribution in [0.2, 0.25) is 0 Å². The largest absolute Gasteiger partial charge is 0.459 e. The van der Waals surface area contributed by atoms with Gasteiger partial charge >= 0.3 is 0 Å². The van der Waals surface area contributed by atoms with Crippen LogP contribution in [0.25, 0.3) is 11.0 Å². The standard InChI is InChI=1S/C16H13Br2NO/c1-9-13-7-6-12(18)8-14(13)20-16(9)15(19)10-2-4-11(17)5-3-10/h2-8,15H,19H2,1H3. The first-order valence-corrected chi connectivity index (χ1v) is 7.84. The summed E-state index contributed by atoms with van der Waals surface area (Å²) in [6.07, 6.45) is 0. The van der Waals surface area contributed by atoms with Crippen molar-refractivity contribution < 1.29 is 4.42 Å². The van der Waals surface area contributed by atoms with E-state index < -0.39 is 0 Å². The Hall–Kier alpha value is -1.10. The van der Waals surface area contributed by atoms with Gasteiger partial charge in [0.15, 0.2) is 0 Å². The van der Waals surface area contributed by atoms with E-state index in [2.05, 4.69) is 37.9 Å². The van der Waals surface area contributed by atoms with Crippen molar-refractivity contribution in [1.29, 1.82) is 0 Å². The van der Waals surface area contributed by atoms with Gasteiger partial charge in [0.25, 0.3) is 0 Å². The van der Waals surface area contributed by atoms with Gasteiger partial charge in [0, 0.05) is 19.9 Å². The first kappa shape index (κ1) is 13.9. The third kappa shape index (κ3) is 2.43. The van der Waals surface area contributed by atoms with E-state index in [1.54, 1.807) is 0 Å². The minimum absolute atomic E-state index is 0.255. The lowest BCUT2D eigenvalue weighted by Gasteiger charge is -2.10. The van der Waals surface area contributed by atoms with Crippen molar-refractivity contribution in [2.45, 2.75) is 13.0 Å². The predicted molar refractivity (Wildman–Crippen MR) is 88.8 cm³/mol. The smallest absolute Gasteiger partial charge is 0.135 e. The summed E-state index contributed by atoms with van der Waals surface area (Å²) in [5.41, 5.74) is 9.35. The van der Waals surface area contributed by atoms with Crippen LogP contribution in [0, 0.1) is 6.92 Å². The second kappa shape index (κ2) is 5.35. The fourth-order valence-corrected chi connectivity index (χ4v) is 2.94. The van der Waals surface area contributed by atoms with Crippen LogP contribution in [0.1, 0.15) is 22.9 Å². The highest BCUT2D eigenvalue weighted by molar-refractivity contribution is 9.10. The van der Waals surface area contributed by atoms with Crippen LogP contribution < -0.4 is 5.73 Å². The van der Waals surface area contributed by atoms with Crippen molar-refractivity contribution in [2.24, 2.45) is 5.73 Å². The Labute approximate surface area is 134 Å². The zero-order valence-corrected chi connectivity index (χ0v) is 14.0. The van der Waals surface area contributed by atoms with Gasteiger partial charge in [-0.05, 0) is 42.8 Å². The molecular formula is C16H13Br2NO. The first-order valence-electron chi connectivity index (χ1n) is 6.26. The molecule has 0 bridgehead atoms. The van der Waals surface area contributed by atoms with Crippen molar-refractivity contribution in [3.8, 4) is 0 Å². The molecule has 4 heteroatoms. The summed E-state index contributed by atoms with van der Waals surface area (Å²) >= 11 is 6.89. The second-order valence-electron chi connectivity index (χ2n) is 4.76. The maximum atomic E-state index is 6.35. The minimum atomic E-state index is -0.255. The van der Waals surface area contributed by atoms with Gasteiger partial charge in [0.1, 0.15) is 11.3 Å². The average molecular weight is 395 g/mol. The van der Waals surface area contributed by atoms with Gasteiger partial charge in [0.2, 0.25) is 0 Å². The summed E-state index contributed by atoms with van der Waals surface area (Å²) in [6, 6.07) is 13.8. The zero-order chi connectivity index (χ0) is 14.3. The molecule has 0 aliphatic rings. The van der Waals surface area contributed by atoms with E-state index in [4.69, 9.17) is 10.2 Å². The summed E-state index contributed by atoms with van der Waals surface area (Å²) < 4.78 is 8.00. The van der Waals surface area contributed by atoms with Gasteiger partial charge in [-0.25, -0.2) is 0 Å². The number of furan rings is 1. The maximum Gasteiger partial charge on any atom is 0.135 e. The molecule has 102 valence electrons. The van der Waals surface area contributed by atoms with E-state index in [0.717, 1.165) is 36.8 Å². The summed E-state index contributed by atoms with van der Waals surface area (Å²) in [4.78, 5) is 0. The van der Waals surface area contributed by atoms with Gasteiger partial charge in [-0.3, -0.25) is 0 Å². The number of aryl methyl sites for hydroxylation is 1. The van der Waals surface area contributed by atoms with Gasteiger partial charge in [0.05, 0.1) is 6.04 Å². The number of rotatable bonds is 2. The monoisotopic (exact) mass is 393 g/mol. The van der Waals surface area contributed by atoms with Crippen molar-refractivity contribution in [3.63, 3.8) is 0 Å². The molecule has 1 unspecified atom stereocenters. The van der Waals surface area contributed by atoms with Crippen LogP contribution in [0.3, 0.4) is 0 Å². The van der Waals surface area contributed by atoms with E-state index in [9.17, 15) is 0 Å². The Kier molecular flexibility index (Phi) is 3.71. The molecule has 0 radical (unpaired) electrons. The van der Waals surface area contributed by atoms with Crippen LogP contribution >= 0.6 is 31.9 Å². The quantitative estimate of drug-likeness (QED) is 0.639. The second-order valence-corrected chi connectivity index (χ2v) is 6.59. The molecule has 0 saturated carbocycles. The molecule has 1 heterocycles. The van der Waals surface area contributed by atoms with Crippen LogP contribution in [0.5, 0.6) is 0 Å². The van der Waals surface area contributed by atoms with Crippen molar-refractivity contribution >= 4 is 42.8 Å². The van der Waals surface area contributed by atoms with Crippen molar-refractivity contribution in [1.82, 2.24) is 0 Å². The molecule has 0 fully saturated rings. The molecule has 2 N–H and O–H groups in total. The van der Waals surface area contributed by atoms with E-state index in [-0.39, 0.29) is 6.04 Å². The molecule has 20 heavy (non-hydrogen) atoms. The number of fused-ring (bicyclic) bond motifs is 1. The number of benzene rings is 2. The Bertz CT molecular complexity index is 762. The number of hydrogen-bond acceptors (Lipinski definition) is 2. The van der Waals surface area contributed by atoms with E-state index >= 15 is 0 Å². The molecule has 0 amide bonds. The molecule has 3 aromatic rings. The molecule has 0 aliphatic carbocycles. The zero-order valence-electron chi connectivity index (χ0n) is 10.9. The predicted octanol–water partition coefficient (Wildman–Crippen LogP) is 5.31. The van der Waals surface area contributed by atoms with Crippen LogP contribution in [-0.4, -0.2) is 0 Å². The molecule has 0 spiro atoms. The number of halogens is 2. The summed E-state index contributed by atoms with van der Waals surface area (Å²) in [5.74, 6) is 0.820. The Morgan fingerprint density at radius 1 is 1.00 bits per heavy atom. The van der Waals surface area contributed by atoms with Gasteiger partial charge in [-0.15, -0.1) is 0 Å². The summed E-state index contributed by atoms with van der Waals surface area (Å²) in [5, 5.41) is 1.11. The normalized spacial score (nSPS) is 12.8. The Balaban J connectivity index is 2.09. The van der Waals surface area contributed by atoms with Gasteiger partial charge in [-0.2, -0.15) is 0 Å². The molecular weight excluding hydrogens is 382 g/mol. The fourth-order valence-electron chi connectivity index (χ4n) is 2.34. The lowest BCUT2D eigenvalue weighted by molar-refractivity contribution is 0.521. The molecule has 0 saturated heterocycles. The first-order chi connectivity index (χ1) is 9.56. The average Bonchev–Trinajstić information content (AvgIpc) is 2.75. The van der Waals surface area contributed by atoms with Crippen molar-refractivity contribution in [3.05, 3.63) is 68.3 Å². The van der Waals surface area contributed by atoms with Crippen LogP contribution in [-0.2, 0) is 0 Å². The maximum absolute atomic E-state index is 6.35. The third-order valence-corrected chi connectivity index (χ3v) is 4.47. The Morgan fingerprint density at radius 3 is 2.35 bits per heavy atom. The Morgan fingerprint density at radius 2 is 1.65 bits per heavy atom. The molecule has 0 aliphatic heterocycles. The third-order valence-electron chi connectivity index (χ3n) is 3.45. The lowest BCUT2D eigenvalue weighted by Crippen LogP contribution is -2.11. The topological polar surface area (TPSA) is 39.2 Å². The molecule has 2 aromatic carbocycles. The van der Waals surface area contributed by atoms with Crippen LogP contribution in [0.4, 0.5) is 0 Å². The fraction of sp³-hybridized carbons (Fsp3) is 0.125. The van der Waals surface area contributed by atoms with Crippen LogP contribution in [0.15, 0.2) is 55.8 Å². The minimum Gasteiger partial charge on any atom is -0.459 e.